The van der Waals surface area contributed by atoms with Crippen molar-refractivity contribution >= 4 is 19.7 Å². The van der Waals surface area contributed by atoms with E-state index >= 15 is 0 Å². The van der Waals surface area contributed by atoms with Gasteiger partial charge in [0.25, 0.3) is 0 Å². The van der Waals surface area contributed by atoms with Crippen molar-refractivity contribution in [2.45, 2.75) is 25.0 Å². The lowest BCUT2D eigenvalue weighted by Gasteiger charge is -2.01. The molecule has 0 aromatic rings. The first-order valence-corrected chi connectivity index (χ1v) is 5.13. The van der Waals surface area contributed by atoms with Crippen molar-refractivity contribution in [2.24, 2.45) is 5.92 Å². The van der Waals surface area contributed by atoms with Gasteiger partial charge in [-0.3, -0.25) is 0 Å². The molecule has 2 unspecified atom stereocenters. The third-order valence-corrected chi connectivity index (χ3v) is 4.89. The van der Waals surface area contributed by atoms with E-state index in [1.54, 1.807) is 6.92 Å². The first-order valence-electron chi connectivity index (χ1n) is 2.82. The van der Waals surface area contributed by atoms with E-state index in [0.29, 0.717) is 6.42 Å². The van der Waals surface area contributed by atoms with Gasteiger partial charge < -0.3 is 0 Å². The topological polar surface area (TPSA) is 34.1 Å². The van der Waals surface area contributed by atoms with E-state index in [4.69, 9.17) is 10.7 Å². The lowest BCUT2D eigenvalue weighted by Crippen LogP contribution is -2.14. The maximum atomic E-state index is 10.7. The third kappa shape index (κ3) is 0.964. The van der Waals surface area contributed by atoms with Crippen LogP contribution in [-0.2, 0) is 9.05 Å². The maximum absolute atomic E-state index is 10.7. The minimum absolute atomic E-state index is 0.236. The minimum Gasteiger partial charge on any atom is -0.212 e. The molecule has 0 heterocycles. The van der Waals surface area contributed by atoms with Gasteiger partial charge in [0.1, 0.15) is 0 Å². The van der Waals surface area contributed by atoms with Crippen LogP contribution in [0.15, 0.2) is 0 Å². The molecule has 1 aliphatic carbocycles. The van der Waals surface area contributed by atoms with Crippen molar-refractivity contribution in [3.63, 3.8) is 0 Å². The molecule has 0 bridgehead atoms. The molecule has 0 saturated heterocycles. The zero-order valence-corrected chi connectivity index (χ0v) is 6.96. The molecule has 2 nitrogen and oxygen atoms in total. The van der Waals surface area contributed by atoms with Crippen molar-refractivity contribution in [1.29, 1.82) is 0 Å². The molecule has 1 saturated carbocycles. The fourth-order valence-corrected chi connectivity index (χ4v) is 2.46. The Hall–Kier alpha value is 0.240. The van der Waals surface area contributed by atoms with Crippen LogP contribution in [0.2, 0.25) is 0 Å². The summed E-state index contributed by atoms with van der Waals surface area (Å²) in [6.07, 6.45) is 0.707. The molecule has 0 amide bonds. The highest BCUT2D eigenvalue weighted by Gasteiger charge is 2.56. The van der Waals surface area contributed by atoms with Crippen LogP contribution in [0.1, 0.15) is 20.3 Å². The molecule has 1 fully saturated rings. The zero-order valence-electron chi connectivity index (χ0n) is 5.39. The highest BCUT2D eigenvalue weighted by atomic mass is 35.7. The second kappa shape index (κ2) is 1.64. The largest absolute Gasteiger partial charge is 0.238 e. The van der Waals surface area contributed by atoms with E-state index in [-0.39, 0.29) is 5.92 Å². The number of rotatable bonds is 1. The smallest absolute Gasteiger partial charge is 0.212 e. The van der Waals surface area contributed by atoms with Crippen LogP contribution in [0.3, 0.4) is 0 Å². The molecule has 0 aliphatic heterocycles. The monoisotopic (exact) mass is 168 g/mol. The molecule has 4 heteroatoms. The predicted molar refractivity (Wildman–Crippen MR) is 37.0 cm³/mol. The number of hydrogen-bond donors (Lipinski definition) is 0. The summed E-state index contributed by atoms with van der Waals surface area (Å²) in [5, 5.41) is 0. The maximum Gasteiger partial charge on any atom is 0.238 e. The van der Waals surface area contributed by atoms with Crippen LogP contribution >= 0.6 is 10.7 Å². The molecule has 2 atom stereocenters. The lowest BCUT2D eigenvalue weighted by molar-refractivity contribution is 0.592. The second-order valence-electron chi connectivity index (χ2n) is 2.86. The van der Waals surface area contributed by atoms with Gasteiger partial charge in [-0.25, -0.2) is 8.42 Å². The average molecular weight is 169 g/mol. The third-order valence-electron chi connectivity index (χ3n) is 2.15. The molecule has 9 heavy (non-hydrogen) atoms. The van der Waals surface area contributed by atoms with Gasteiger partial charge in [-0.05, 0) is 19.3 Å². The fraction of sp³-hybridized carbons (Fsp3) is 1.00. The molecule has 0 radical (unpaired) electrons. The van der Waals surface area contributed by atoms with Crippen molar-refractivity contribution in [3.05, 3.63) is 0 Å². The van der Waals surface area contributed by atoms with E-state index in [1.165, 1.54) is 0 Å². The fourth-order valence-electron chi connectivity index (χ4n) is 0.889. The first kappa shape index (κ1) is 7.35. The Balaban J connectivity index is 2.90. The molecule has 0 aromatic carbocycles. The highest BCUT2D eigenvalue weighted by molar-refractivity contribution is 8.15. The summed E-state index contributed by atoms with van der Waals surface area (Å²) >= 11 is 0. The Morgan fingerprint density at radius 3 is 2.00 bits per heavy atom. The SMILES string of the molecule is CC1CC1(C)S(=O)(=O)Cl. The van der Waals surface area contributed by atoms with Crippen LogP contribution in [0.25, 0.3) is 0 Å². The standard InChI is InChI=1S/C5H9ClO2S/c1-4-3-5(4,2)9(6,7)8/h4H,3H2,1-2H3. The van der Waals surface area contributed by atoms with E-state index < -0.39 is 13.8 Å². The summed E-state index contributed by atoms with van der Waals surface area (Å²) in [6, 6.07) is 0. The van der Waals surface area contributed by atoms with Gasteiger partial charge in [-0.1, -0.05) is 6.92 Å². The molecular formula is C5H9ClO2S. The van der Waals surface area contributed by atoms with E-state index in [1.807, 2.05) is 6.92 Å². The van der Waals surface area contributed by atoms with E-state index in [9.17, 15) is 8.42 Å². The van der Waals surface area contributed by atoms with Crippen LogP contribution in [0.4, 0.5) is 0 Å². The first-order chi connectivity index (χ1) is 3.88. The summed E-state index contributed by atoms with van der Waals surface area (Å²) in [7, 11) is 1.83. The molecule has 54 valence electrons. The quantitative estimate of drug-likeness (QED) is 0.554. The summed E-state index contributed by atoms with van der Waals surface area (Å²) < 4.78 is 20.8. The molecule has 0 N–H and O–H groups in total. The average Bonchev–Trinajstić information content (AvgIpc) is 2.13. The summed E-state index contributed by atoms with van der Waals surface area (Å²) in [4.78, 5) is 0. The summed E-state index contributed by atoms with van der Waals surface area (Å²) in [5.74, 6) is 0.236. The van der Waals surface area contributed by atoms with Crippen LogP contribution in [-0.4, -0.2) is 13.2 Å². The van der Waals surface area contributed by atoms with Gasteiger partial charge in [0.15, 0.2) is 0 Å². The van der Waals surface area contributed by atoms with Crippen LogP contribution < -0.4 is 0 Å². The van der Waals surface area contributed by atoms with Gasteiger partial charge >= 0.3 is 0 Å². The predicted octanol–water partition coefficient (Wildman–Crippen LogP) is 1.35. The lowest BCUT2D eigenvalue weighted by atomic mass is 10.4. The number of hydrogen-bond acceptors (Lipinski definition) is 2. The van der Waals surface area contributed by atoms with Crippen molar-refractivity contribution in [3.8, 4) is 0 Å². The molecule has 0 spiro atoms. The van der Waals surface area contributed by atoms with Crippen LogP contribution in [0, 0.1) is 5.92 Å². The Labute approximate surface area is 59.6 Å². The van der Waals surface area contributed by atoms with Gasteiger partial charge in [-0.2, -0.15) is 0 Å². The normalized spacial score (nSPS) is 42.8. The Bertz CT molecular complexity index is 221. The minimum atomic E-state index is -3.31. The Kier molecular flexibility index (Phi) is 1.34. The van der Waals surface area contributed by atoms with Gasteiger partial charge in [-0.15, -0.1) is 0 Å². The Morgan fingerprint density at radius 1 is 1.67 bits per heavy atom. The van der Waals surface area contributed by atoms with Crippen LogP contribution in [0.5, 0.6) is 0 Å². The molecule has 1 rings (SSSR count). The molecule has 1 aliphatic rings. The van der Waals surface area contributed by atoms with Crippen molar-refractivity contribution < 1.29 is 8.42 Å². The molecular weight excluding hydrogens is 160 g/mol. The summed E-state index contributed by atoms with van der Waals surface area (Å²) in [6.45, 7) is 3.57. The number of halogens is 1. The zero-order chi connectivity index (χ0) is 7.28. The van der Waals surface area contributed by atoms with E-state index in [0.717, 1.165) is 0 Å². The Morgan fingerprint density at radius 2 is 2.00 bits per heavy atom. The molecule has 0 aromatic heterocycles. The van der Waals surface area contributed by atoms with Gasteiger partial charge in [0.2, 0.25) is 9.05 Å². The summed E-state index contributed by atoms with van der Waals surface area (Å²) in [5.41, 5.74) is 0. The van der Waals surface area contributed by atoms with Gasteiger partial charge in [0, 0.05) is 10.7 Å². The van der Waals surface area contributed by atoms with Crippen molar-refractivity contribution in [2.75, 3.05) is 0 Å². The van der Waals surface area contributed by atoms with Crippen molar-refractivity contribution in [1.82, 2.24) is 0 Å². The van der Waals surface area contributed by atoms with E-state index in [2.05, 4.69) is 0 Å². The second-order valence-corrected chi connectivity index (χ2v) is 5.88. The van der Waals surface area contributed by atoms with Gasteiger partial charge in [0.05, 0.1) is 4.75 Å². The highest BCUT2D eigenvalue weighted by Crippen LogP contribution is 2.50.